The number of hydrogen-bond donors (Lipinski definition) is 16. The fourth-order valence-electron chi connectivity index (χ4n) is 12.4. The lowest BCUT2D eigenvalue weighted by atomic mass is 9.97. The topological polar surface area (TPSA) is 513 Å². The molecule has 11 amide bonds. The Bertz CT molecular complexity index is 3230. The third-order valence-corrected chi connectivity index (χ3v) is 18.9. The minimum Gasteiger partial charge on any atom is -0.508 e. The number of phenolic OH excluding ortho intramolecular Hbond substituents is 1. The summed E-state index contributed by atoms with van der Waals surface area (Å²) in [4.78, 5) is 195. The zero-order valence-electron chi connectivity index (χ0n) is 61.8. The molecule has 3 aliphatic heterocycles. The van der Waals surface area contributed by atoms with Gasteiger partial charge in [0.1, 0.15) is 71.9 Å². The van der Waals surface area contributed by atoms with Crippen molar-refractivity contribution in [3.8, 4) is 11.5 Å². The van der Waals surface area contributed by atoms with E-state index in [9.17, 15) is 92.7 Å². The molecule has 2 aromatic rings. The van der Waals surface area contributed by atoms with Gasteiger partial charge in [-0.25, -0.2) is 4.79 Å². The summed E-state index contributed by atoms with van der Waals surface area (Å²) >= 11 is 0. The van der Waals surface area contributed by atoms with Crippen LogP contribution in [-0.2, 0) is 80.0 Å². The summed E-state index contributed by atoms with van der Waals surface area (Å²) in [6, 6.07) is -4.87. The van der Waals surface area contributed by atoms with Crippen LogP contribution < -0.4 is 64.1 Å². The molecule has 0 spiro atoms. The molecule has 3 aliphatic rings. The van der Waals surface area contributed by atoms with Crippen LogP contribution in [0.2, 0.25) is 0 Å². The van der Waals surface area contributed by atoms with Gasteiger partial charge in [0, 0.05) is 38.6 Å². The second-order valence-corrected chi connectivity index (χ2v) is 27.8. The number of carboxylic acids is 2. The molecule has 3 heterocycles. The summed E-state index contributed by atoms with van der Waals surface area (Å²) in [5.74, 6) is -15.4. The summed E-state index contributed by atoms with van der Waals surface area (Å²) < 4.78 is 5.82. The molecule has 0 saturated carbocycles. The Morgan fingerprint density at radius 1 is 0.604 bits per heavy atom. The van der Waals surface area contributed by atoms with Crippen LogP contribution >= 0.6 is 0 Å². The molecule has 1 fully saturated rings. The first kappa shape index (κ1) is 89.1. The number of primary amides is 1. The summed E-state index contributed by atoms with van der Waals surface area (Å²) in [6.45, 7) is 7.85. The minimum atomic E-state index is -1.98. The maximum absolute atomic E-state index is 14.8. The minimum absolute atomic E-state index is 0.0221. The van der Waals surface area contributed by atoms with Crippen molar-refractivity contribution in [3.63, 3.8) is 0 Å². The number of carbonyl (C=O) groups excluding carboxylic acids is 12. The number of aromatic hydroxyl groups is 1. The first-order valence-electron chi connectivity index (χ1n) is 37.3. The highest BCUT2D eigenvalue weighted by molar-refractivity contribution is 5.99. The van der Waals surface area contributed by atoms with Gasteiger partial charge >= 0.3 is 17.9 Å². The van der Waals surface area contributed by atoms with E-state index in [0.29, 0.717) is 24.8 Å². The van der Waals surface area contributed by atoms with Gasteiger partial charge in [-0.2, -0.15) is 0 Å². The predicted molar refractivity (Wildman–Crippen MR) is 388 cm³/mol. The SMILES string of the molecule is CCCCCCCCCCCCCCCC(O)CC(=O)N[C@@H](CCC(=O)O)C(=O)N[C@H](CCCN)C(=O)N[C@H]1Cc2ccc(cc2)OC(=O)[C@H]([C@@H](C)CC)NC(=O)[C@@H](Cc2ccc(O)cc2)NC(=O)[C@H](CCC(N)=O)NC(=O)[C@@H]2CCCN2C(=O)[C@@H](C)NC(=O)[C@H](CCC(=O)O)NC(=O)[C@@H]([C@@H](C)O)NC1=O. The van der Waals surface area contributed by atoms with Crippen LogP contribution in [0.3, 0.4) is 0 Å². The van der Waals surface area contributed by atoms with Crippen LogP contribution in [-0.4, -0.2) is 199 Å². The van der Waals surface area contributed by atoms with Crippen molar-refractivity contribution in [1.29, 1.82) is 0 Å². The average molecular weight is 1490 g/mol. The fourth-order valence-corrected chi connectivity index (χ4v) is 12.4. The Morgan fingerprint density at radius 2 is 1.15 bits per heavy atom. The fraction of sp³-hybridized carbons (Fsp3) is 0.649. The molecular weight excluding hydrogens is 1380 g/mol. The largest absolute Gasteiger partial charge is 0.508 e. The first-order chi connectivity index (χ1) is 50.4. The number of esters is 1. The number of unbranched alkanes of at least 4 members (excludes halogenated alkanes) is 12. The summed E-state index contributed by atoms with van der Waals surface area (Å²) in [6.07, 6.45) is 8.00. The predicted octanol–water partition coefficient (Wildman–Crippen LogP) is 1.86. The number of aliphatic hydroxyl groups is 2. The van der Waals surface area contributed by atoms with Crippen molar-refractivity contribution in [1.82, 2.24) is 52.8 Å². The number of aliphatic carboxylic acids is 2. The van der Waals surface area contributed by atoms with Crippen molar-refractivity contribution >= 4 is 82.9 Å². The number of nitrogens with one attached hydrogen (secondary N) is 9. The molecule has 1 unspecified atom stereocenters. The zero-order valence-corrected chi connectivity index (χ0v) is 61.8. The number of carbonyl (C=O) groups is 14. The van der Waals surface area contributed by atoms with Gasteiger partial charge < -0.3 is 94.5 Å². The van der Waals surface area contributed by atoms with E-state index >= 15 is 0 Å². The van der Waals surface area contributed by atoms with E-state index in [2.05, 4.69) is 54.8 Å². The molecule has 32 nitrogen and oxygen atoms in total. The van der Waals surface area contributed by atoms with Crippen molar-refractivity contribution in [2.24, 2.45) is 17.4 Å². The van der Waals surface area contributed by atoms with Crippen LogP contribution in [0.1, 0.15) is 213 Å². The summed E-state index contributed by atoms with van der Waals surface area (Å²) in [5.41, 5.74) is 12.0. The molecule has 106 heavy (non-hydrogen) atoms. The molecule has 0 radical (unpaired) electrons. The molecule has 5 rings (SSSR count). The van der Waals surface area contributed by atoms with E-state index in [4.69, 9.17) is 16.2 Å². The molecule has 1 saturated heterocycles. The van der Waals surface area contributed by atoms with Gasteiger partial charge in [0.05, 0.1) is 18.6 Å². The quantitative estimate of drug-likeness (QED) is 0.0197. The van der Waals surface area contributed by atoms with Gasteiger partial charge in [-0.1, -0.05) is 135 Å². The highest BCUT2D eigenvalue weighted by Crippen LogP contribution is 2.23. The highest BCUT2D eigenvalue weighted by Gasteiger charge is 2.41. The number of phenols is 1. The van der Waals surface area contributed by atoms with E-state index in [1.54, 1.807) is 13.8 Å². The van der Waals surface area contributed by atoms with E-state index in [0.717, 1.165) is 43.9 Å². The van der Waals surface area contributed by atoms with Crippen molar-refractivity contribution < 1.29 is 97.4 Å². The molecule has 0 aromatic heterocycles. The van der Waals surface area contributed by atoms with Gasteiger partial charge in [0.25, 0.3) is 0 Å². The van der Waals surface area contributed by atoms with Crippen LogP contribution in [0, 0.1) is 5.92 Å². The Kier molecular flexibility index (Phi) is 39.8. The summed E-state index contributed by atoms with van der Waals surface area (Å²) in [7, 11) is 0. The van der Waals surface area contributed by atoms with Crippen LogP contribution in [0.25, 0.3) is 0 Å². The maximum atomic E-state index is 14.8. The number of rotatable bonds is 38. The number of amides is 11. The molecule has 2 aromatic carbocycles. The second kappa shape index (κ2) is 47.3. The number of nitrogens with zero attached hydrogens (tertiary/aromatic N) is 1. The molecule has 13 atom stereocenters. The molecule has 0 aliphatic carbocycles. The number of ether oxygens (including phenoxy) is 1. The van der Waals surface area contributed by atoms with Crippen molar-refractivity contribution in [3.05, 3.63) is 59.7 Å². The van der Waals surface area contributed by atoms with Gasteiger partial charge in [-0.05, 0) is 113 Å². The van der Waals surface area contributed by atoms with Crippen molar-refractivity contribution in [2.75, 3.05) is 13.1 Å². The number of aliphatic hydroxyl groups excluding tert-OH is 2. The normalized spacial score (nSPS) is 21.8. The van der Waals surface area contributed by atoms with E-state index in [1.165, 1.54) is 100 Å². The number of benzene rings is 2. The molecule has 2 bridgehead atoms. The Hall–Kier alpha value is -9.30. The maximum Gasteiger partial charge on any atom is 0.334 e. The van der Waals surface area contributed by atoms with Crippen LogP contribution in [0.15, 0.2) is 48.5 Å². The molecular formula is C74H114N12O20. The third kappa shape index (κ3) is 32.2. The summed E-state index contributed by atoms with van der Waals surface area (Å²) in [5, 5.41) is 74.2. The van der Waals surface area contributed by atoms with E-state index in [-0.39, 0.29) is 62.3 Å². The molecule has 18 N–H and O–H groups in total. The van der Waals surface area contributed by atoms with Crippen LogP contribution in [0.4, 0.5) is 0 Å². The monoisotopic (exact) mass is 1490 g/mol. The first-order valence-corrected chi connectivity index (χ1v) is 37.3. The Labute approximate surface area is 619 Å². The van der Waals surface area contributed by atoms with Crippen molar-refractivity contribution in [2.45, 2.75) is 287 Å². The lowest BCUT2D eigenvalue weighted by Crippen LogP contribution is -2.62. The Morgan fingerprint density at radius 3 is 1.73 bits per heavy atom. The lowest BCUT2D eigenvalue weighted by Gasteiger charge is -2.30. The number of fused-ring (bicyclic) bond motifs is 23. The van der Waals surface area contributed by atoms with Crippen LogP contribution in [0.5, 0.6) is 11.5 Å². The average Bonchev–Trinajstić information content (AvgIpc) is 1.53. The third-order valence-electron chi connectivity index (χ3n) is 18.9. The van der Waals surface area contributed by atoms with E-state index < -0.39 is 213 Å². The number of carboxylic acid groups (broad SMARTS) is 2. The molecule has 32 heteroatoms. The van der Waals surface area contributed by atoms with Gasteiger partial charge in [-0.3, -0.25) is 62.3 Å². The van der Waals surface area contributed by atoms with Gasteiger partial charge in [0.2, 0.25) is 65.0 Å². The number of hydrogen-bond acceptors (Lipinski definition) is 19. The highest BCUT2D eigenvalue weighted by atomic mass is 16.5. The van der Waals surface area contributed by atoms with E-state index in [1.807, 2.05) is 0 Å². The second-order valence-electron chi connectivity index (χ2n) is 27.8. The lowest BCUT2D eigenvalue weighted by molar-refractivity contribution is -0.143. The van der Waals surface area contributed by atoms with Gasteiger partial charge in [-0.15, -0.1) is 0 Å². The van der Waals surface area contributed by atoms with Gasteiger partial charge in [0.15, 0.2) is 0 Å². The zero-order chi connectivity index (χ0) is 78.4. The Balaban J connectivity index is 1.72. The number of nitrogens with two attached hydrogens (primary N) is 2. The smallest absolute Gasteiger partial charge is 0.334 e. The standard InChI is InChI=1S/C74H114N12O20/c1-6-8-9-10-11-12-13-14-15-16-17-18-19-22-50(89)43-60(91)78-53(34-37-61(92)93)67(98)79-52(23-20-39-75)66(97)82-57-42-48-27-31-51(32-28-48)106-74(105)63(44(3)7-2)84-69(100)56(41-47-25-29-49(88)30-26-47)83-68(99)54(33-36-59(76)90)80-71(102)58-24-21-40-86(58)73(104)45(4)77-65(96)55(35-38-62(94)95)81-72(103)64(46(5)87)85-70(57)101/h25-32,44-46,50,52-58,63-64,87-89H,6-24,33-43,75H2,1-5H3,(H2,76,90)(H,77,96)(H,78,91)(H,79,98)(H,80,102)(H,81,103)(H,82,97)(H,83,99)(H,84,100)(H,85,101)(H,92,93)(H,94,95)/t44-,45+,46+,50?,52+,53-,54-,55-,56+,57-,58-,63-,64+/m0/s1. The molecule has 590 valence electrons.